The van der Waals surface area contributed by atoms with Crippen LogP contribution in [0.25, 0.3) is 0 Å². The van der Waals surface area contributed by atoms with Crippen LogP contribution in [-0.2, 0) is 0 Å². The highest BCUT2D eigenvalue weighted by molar-refractivity contribution is 5.91. The van der Waals surface area contributed by atoms with E-state index in [0.717, 1.165) is 12.1 Å². The van der Waals surface area contributed by atoms with Gasteiger partial charge in [0.15, 0.2) is 0 Å². The standard InChI is InChI=1S/C8H5NO4/c9-3-4-1-5(8(12)13)7(11)2-6(4)10/h1-2,10-11H,(H,12,13). The quantitative estimate of drug-likeness (QED) is 0.588. The molecule has 0 aromatic heterocycles. The molecule has 0 amide bonds. The minimum Gasteiger partial charge on any atom is -0.507 e. The highest BCUT2D eigenvalue weighted by Crippen LogP contribution is 2.26. The van der Waals surface area contributed by atoms with Crippen molar-refractivity contribution < 1.29 is 20.1 Å². The Hall–Kier alpha value is -2.22. The molecule has 0 spiro atoms. The lowest BCUT2D eigenvalue weighted by Crippen LogP contribution is -1.97. The van der Waals surface area contributed by atoms with Crippen LogP contribution in [0.5, 0.6) is 11.5 Å². The summed E-state index contributed by atoms with van der Waals surface area (Å²) in [4.78, 5) is 10.5. The Labute approximate surface area is 73.1 Å². The van der Waals surface area contributed by atoms with E-state index < -0.39 is 23.0 Å². The van der Waals surface area contributed by atoms with Crippen LogP contribution in [0, 0.1) is 11.3 Å². The first-order valence-electron chi connectivity index (χ1n) is 3.25. The van der Waals surface area contributed by atoms with Gasteiger partial charge in [-0.05, 0) is 6.07 Å². The Morgan fingerprint density at radius 1 is 1.31 bits per heavy atom. The molecule has 0 bridgehead atoms. The number of nitriles is 1. The minimum atomic E-state index is -1.35. The number of rotatable bonds is 1. The maximum atomic E-state index is 10.5. The van der Waals surface area contributed by atoms with Crippen LogP contribution in [0.2, 0.25) is 0 Å². The van der Waals surface area contributed by atoms with Gasteiger partial charge in [0.05, 0.1) is 5.56 Å². The van der Waals surface area contributed by atoms with Crippen LogP contribution >= 0.6 is 0 Å². The van der Waals surface area contributed by atoms with Gasteiger partial charge in [-0.15, -0.1) is 0 Å². The number of aromatic hydroxyl groups is 2. The minimum absolute atomic E-state index is 0.185. The van der Waals surface area contributed by atoms with Crippen molar-refractivity contribution in [3.63, 3.8) is 0 Å². The monoisotopic (exact) mass is 179 g/mol. The summed E-state index contributed by atoms with van der Waals surface area (Å²) in [5.74, 6) is -2.36. The highest BCUT2D eigenvalue weighted by Gasteiger charge is 2.13. The predicted molar refractivity (Wildman–Crippen MR) is 41.4 cm³/mol. The van der Waals surface area contributed by atoms with Crippen LogP contribution in [0.1, 0.15) is 15.9 Å². The fourth-order valence-electron chi connectivity index (χ4n) is 0.838. The zero-order valence-corrected chi connectivity index (χ0v) is 6.35. The Balaban J connectivity index is 3.41. The van der Waals surface area contributed by atoms with E-state index in [1.165, 1.54) is 0 Å². The SMILES string of the molecule is N#Cc1cc(C(=O)O)c(O)cc1O. The molecular formula is C8H5NO4. The van der Waals surface area contributed by atoms with Crippen LogP contribution in [-0.4, -0.2) is 21.3 Å². The Morgan fingerprint density at radius 2 is 1.92 bits per heavy atom. The van der Waals surface area contributed by atoms with Gasteiger partial charge in [0.2, 0.25) is 0 Å². The first kappa shape index (κ1) is 8.87. The second kappa shape index (κ2) is 3.03. The largest absolute Gasteiger partial charge is 0.507 e. The molecule has 1 rings (SSSR count). The number of benzene rings is 1. The number of nitrogens with zero attached hydrogens (tertiary/aromatic N) is 1. The van der Waals surface area contributed by atoms with Gasteiger partial charge in [-0.2, -0.15) is 5.26 Å². The highest BCUT2D eigenvalue weighted by atomic mass is 16.4. The van der Waals surface area contributed by atoms with Crippen molar-refractivity contribution in [1.29, 1.82) is 5.26 Å². The zero-order chi connectivity index (χ0) is 10.0. The Bertz CT molecular complexity index is 405. The molecule has 0 radical (unpaired) electrons. The van der Waals surface area contributed by atoms with Gasteiger partial charge in [0.1, 0.15) is 23.1 Å². The molecule has 0 aliphatic carbocycles. The van der Waals surface area contributed by atoms with Gasteiger partial charge in [-0.25, -0.2) is 4.79 Å². The summed E-state index contributed by atoms with van der Waals surface area (Å²) in [6.07, 6.45) is 0. The maximum absolute atomic E-state index is 10.5. The van der Waals surface area contributed by atoms with E-state index in [0.29, 0.717) is 0 Å². The molecule has 1 aromatic rings. The summed E-state index contributed by atoms with van der Waals surface area (Å²) >= 11 is 0. The summed E-state index contributed by atoms with van der Waals surface area (Å²) in [6.45, 7) is 0. The Morgan fingerprint density at radius 3 is 2.38 bits per heavy atom. The third kappa shape index (κ3) is 1.51. The molecule has 0 atom stereocenters. The van der Waals surface area contributed by atoms with Gasteiger partial charge >= 0.3 is 5.97 Å². The van der Waals surface area contributed by atoms with Crippen LogP contribution in [0.3, 0.4) is 0 Å². The second-order valence-electron chi connectivity index (χ2n) is 2.30. The molecule has 0 saturated carbocycles. The number of carboxylic acids is 1. The molecular weight excluding hydrogens is 174 g/mol. The lowest BCUT2D eigenvalue weighted by Gasteiger charge is -2.01. The number of carbonyl (C=O) groups is 1. The lowest BCUT2D eigenvalue weighted by atomic mass is 10.1. The van der Waals surface area contributed by atoms with E-state index in [2.05, 4.69) is 0 Å². The van der Waals surface area contributed by atoms with Crippen molar-refractivity contribution in [2.45, 2.75) is 0 Å². The predicted octanol–water partition coefficient (Wildman–Crippen LogP) is 0.668. The molecule has 0 saturated heterocycles. The molecule has 5 nitrogen and oxygen atoms in total. The molecule has 66 valence electrons. The summed E-state index contributed by atoms with van der Waals surface area (Å²) in [6, 6.07) is 3.32. The van der Waals surface area contributed by atoms with Crippen molar-refractivity contribution in [3.05, 3.63) is 23.3 Å². The van der Waals surface area contributed by atoms with Crippen molar-refractivity contribution in [1.82, 2.24) is 0 Å². The molecule has 1 aromatic carbocycles. The summed E-state index contributed by atoms with van der Waals surface area (Å²) < 4.78 is 0. The van der Waals surface area contributed by atoms with Gasteiger partial charge in [0, 0.05) is 6.07 Å². The summed E-state index contributed by atoms with van der Waals surface area (Å²) in [5, 5.41) is 35.0. The molecule has 5 heteroatoms. The average molecular weight is 179 g/mol. The molecule has 0 fully saturated rings. The van der Waals surface area contributed by atoms with E-state index >= 15 is 0 Å². The third-order valence-electron chi connectivity index (χ3n) is 1.46. The maximum Gasteiger partial charge on any atom is 0.339 e. The zero-order valence-electron chi connectivity index (χ0n) is 6.35. The molecule has 3 N–H and O–H groups in total. The smallest absolute Gasteiger partial charge is 0.339 e. The fraction of sp³-hybridized carbons (Fsp3) is 0. The summed E-state index contributed by atoms with van der Waals surface area (Å²) in [5.41, 5.74) is -0.593. The number of phenolic OH excluding ortho intramolecular Hbond substituents is 1. The van der Waals surface area contributed by atoms with Crippen LogP contribution in [0.15, 0.2) is 12.1 Å². The topological polar surface area (TPSA) is 102 Å². The van der Waals surface area contributed by atoms with Gasteiger partial charge in [0.25, 0.3) is 0 Å². The number of aromatic carboxylic acids is 1. The van der Waals surface area contributed by atoms with Crippen molar-refractivity contribution in [2.24, 2.45) is 0 Å². The van der Waals surface area contributed by atoms with Crippen molar-refractivity contribution >= 4 is 5.97 Å². The van der Waals surface area contributed by atoms with E-state index in [1.807, 2.05) is 0 Å². The Kier molecular flexibility index (Phi) is 2.07. The number of hydrogen-bond donors (Lipinski definition) is 3. The van der Waals surface area contributed by atoms with E-state index in [1.54, 1.807) is 6.07 Å². The third-order valence-corrected chi connectivity index (χ3v) is 1.46. The van der Waals surface area contributed by atoms with Crippen molar-refractivity contribution in [3.8, 4) is 17.6 Å². The fourth-order valence-corrected chi connectivity index (χ4v) is 0.838. The number of carboxylic acid groups (broad SMARTS) is 1. The van der Waals surface area contributed by atoms with Gasteiger partial charge < -0.3 is 15.3 Å². The molecule has 0 unspecified atom stereocenters. The first-order valence-corrected chi connectivity index (χ1v) is 3.25. The van der Waals surface area contributed by atoms with E-state index in [4.69, 9.17) is 20.6 Å². The van der Waals surface area contributed by atoms with Crippen LogP contribution < -0.4 is 0 Å². The second-order valence-corrected chi connectivity index (χ2v) is 2.30. The molecule has 13 heavy (non-hydrogen) atoms. The van der Waals surface area contributed by atoms with Crippen LogP contribution in [0.4, 0.5) is 0 Å². The van der Waals surface area contributed by atoms with E-state index in [-0.39, 0.29) is 5.56 Å². The number of hydrogen-bond acceptors (Lipinski definition) is 4. The normalized spacial score (nSPS) is 9.15. The summed E-state index contributed by atoms with van der Waals surface area (Å²) in [7, 11) is 0. The lowest BCUT2D eigenvalue weighted by molar-refractivity contribution is 0.0693. The molecule has 0 heterocycles. The van der Waals surface area contributed by atoms with Crippen molar-refractivity contribution in [2.75, 3.05) is 0 Å². The van der Waals surface area contributed by atoms with E-state index in [9.17, 15) is 4.79 Å². The first-order chi connectivity index (χ1) is 6.06. The van der Waals surface area contributed by atoms with Gasteiger partial charge in [-0.3, -0.25) is 0 Å². The number of phenols is 2. The molecule has 0 aliphatic heterocycles. The van der Waals surface area contributed by atoms with Gasteiger partial charge in [-0.1, -0.05) is 0 Å². The molecule has 0 aliphatic rings. The average Bonchev–Trinajstić information content (AvgIpc) is 2.03.